The first-order chi connectivity index (χ1) is 12.2. The SMILES string of the molecule is COc1cccc(C(=O)OCc2coc(-c3ccccc3)n2)c1OC. The van der Waals surface area contributed by atoms with Gasteiger partial charge in [0.25, 0.3) is 0 Å². The number of nitrogens with zero attached hydrogens (tertiary/aromatic N) is 1. The molecule has 128 valence electrons. The summed E-state index contributed by atoms with van der Waals surface area (Å²) in [6.45, 7) is -0.00443. The second-order valence-corrected chi connectivity index (χ2v) is 5.13. The minimum atomic E-state index is -0.528. The standard InChI is InChI=1S/C19H17NO5/c1-22-16-10-6-9-15(17(16)23-2)19(21)25-12-14-11-24-18(20-14)13-7-4-3-5-8-13/h3-11H,12H2,1-2H3. The second kappa shape index (κ2) is 7.53. The van der Waals surface area contributed by atoms with Crippen LogP contribution in [0.3, 0.4) is 0 Å². The molecule has 0 saturated heterocycles. The summed E-state index contributed by atoms with van der Waals surface area (Å²) in [5.74, 6) is 0.746. The number of para-hydroxylation sites is 1. The number of aromatic nitrogens is 1. The van der Waals surface area contributed by atoms with E-state index >= 15 is 0 Å². The van der Waals surface area contributed by atoms with Crippen molar-refractivity contribution in [3.8, 4) is 23.0 Å². The van der Waals surface area contributed by atoms with Gasteiger partial charge in [-0.25, -0.2) is 9.78 Å². The lowest BCUT2D eigenvalue weighted by Gasteiger charge is -2.11. The number of oxazole rings is 1. The summed E-state index contributed by atoms with van der Waals surface area (Å²) in [6.07, 6.45) is 1.47. The van der Waals surface area contributed by atoms with Crippen LogP contribution in [0.25, 0.3) is 11.5 Å². The van der Waals surface area contributed by atoms with Crippen molar-refractivity contribution in [3.63, 3.8) is 0 Å². The maximum atomic E-state index is 12.3. The Bertz CT molecular complexity index is 857. The molecule has 3 rings (SSSR count). The number of ether oxygens (including phenoxy) is 3. The van der Waals surface area contributed by atoms with Gasteiger partial charge in [0.15, 0.2) is 11.5 Å². The van der Waals surface area contributed by atoms with E-state index in [1.807, 2.05) is 30.3 Å². The van der Waals surface area contributed by atoms with E-state index in [1.54, 1.807) is 18.2 Å². The first-order valence-electron chi connectivity index (χ1n) is 7.61. The van der Waals surface area contributed by atoms with E-state index in [0.29, 0.717) is 23.1 Å². The molecule has 0 spiro atoms. The summed E-state index contributed by atoms with van der Waals surface area (Å²) in [4.78, 5) is 16.6. The Morgan fingerprint density at radius 1 is 1.04 bits per heavy atom. The molecule has 0 aliphatic heterocycles. The van der Waals surface area contributed by atoms with Crippen molar-refractivity contribution in [3.05, 3.63) is 66.1 Å². The molecule has 0 aliphatic carbocycles. The molecule has 0 radical (unpaired) electrons. The van der Waals surface area contributed by atoms with Crippen LogP contribution in [0.4, 0.5) is 0 Å². The fraction of sp³-hybridized carbons (Fsp3) is 0.158. The normalized spacial score (nSPS) is 10.3. The Morgan fingerprint density at radius 3 is 2.56 bits per heavy atom. The highest BCUT2D eigenvalue weighted by molar-refractivity contribution is 5.93. The Kier molecular flexibility index (Phi) is 4.99. The van der Waals surface area contributed by atoms with Gasteiger partial charge in [-0.15, -0.1) is 0 Å². The molecule has 0 bridgehead atoms. The van der Waals surface area contributed by atoms with Gasteiger partial charge in [0.1, 0.15) is 24.1 Å². The van der Waals surface area contributed by atoms with E-state index in [1.165, 1.54) is 20.5 Å². The largest absolute Gasteiger partial charge is 0.493 e. The van der Waals surface area contributed by atoms with Crippen LogP contribution in [0.1, 0.15) is 16.1 Å². The number of hydrogen-bond acceptors (Lipinski definition) is 6. The molecule has 0 atom stereocenters. The van der Waals surface area contributed by atoms with Gasteiger partial charge in [-0.05, 0) is 24.3 Å². The first kappa shape index (κ1) is 16.6. The van der Waals surface area contributed by atoms with E-state index in [0.717, 1.165) is 5.56 Å². The Labute approximate surface area is 145 Å². The van der Waals surface area contributed by atoms with E-state index < -0.39 is 5.97 Å². The zero-order valence-electron chi connectivity index (χ0n) is 13.9. The summed E-state index contributed by atoms with van der Waals surface area (Å²) in [5.41, 5.74) is 1.66. The number of carbonyl (C=O) groups excluding carboxylic acids is 1. The minimum Gasteiger partial charge on any atom is -0.493 e. The third-order valence-electron chi connectivity index (χ3n) is 3.55. The minimum absolute atomic E-state index is 0.00443. The molecule has 0 amide bonds. The number of methoxy groups -OCH3 is 2. The third-order valence-corrected chi connectivity index (χ3v) is 3.55. The average Bonchev–Trinajstić information content (AvgIpc) is 3.15. The molecule has 0 unspecified atom stereocenters. The average molecular weight is 339 g/mol. The molecule has 25 heavy (non-hydrogen) atoms. The van der Waals surface area contributed by atoms with Crippen molar-refractivity contribution in [2.45, 2.75) is 6.61 Å². The topological polar surface area (TPSA) is 70.8 Å². The monoisotopic (exact) mass is 339 g/mol. The Balaban J connectivity index is 1.70. The van der Waals surface area contributed by atoms with Crippen LogP contribution in [0.5, 0.6) is 11.5 Å². The number of hydrogen-bond donors (Lipinski definition) is 0. The third kappa shape index (κ3) is 3.63. The predicted molar refractivity (Wildman–Crippen MR) is 90.6 cm³/mol. The summed E-state index contributed by atoms with van der Waals surface area (Å²) in [7, 11) is 2.98. The van der Waals surface area contributed by atoms with Crippen LogP contribution in [0, 0.1) is 0 Å². The van der Waals surface area contributed by atoms with E-state index in [2.05, 4.69) is 4.98 Å². The number of carbonyl (C=O) groups is 1. The molecule has 6 nitrogen and oxygen atoms in total. The van der Waals surface area contributed by atoms with E-state index in [4.69, 9.17) is 18.6 Å². The lowest BCUT2D eigenvalue weighted by atomic mass is 10.2. The maximum Gasteiger partial charge on any atom is 0.342 e. The molecular formula is C19H17NO5. The van der Waals surface area contributed by atoms with Crippen LogP contribution in [0.15, 0.2) is 59.2 Å². The van der Waals surface area contributed by atoms with E-state index in [9.17, 15) is 4.79 Å². The predicted octanol–water partition coefficient (Wildman–Crippen LogP) is 3.72. The van der Waals surface area contributed by atoms with Gasteiger partial charge in [-0.3, -0.25) is 0 Å². The van der Waals surface area contributed by atoms with Gasteiger partial charge in [-0.1, -0.05) is 24.3 Å². The lowest BCUT2D eigenvalue weighted by Crippen LogP contribution is -2.08. The zero-order valence-corrected chi connectivity index (χ0v) is 13.9. The number of rotatable bonds is 6. The van der Waals surface area contributed by atoms with Crippen LogP contribution in [-0.4, -0.2) is 25.2 Å². The summed E-state index contributed by atoms with van der Waals surface area (Å²) in [6, 6.07) is 14.5. The van der Waals surface area contributed by atoms with Crippen LogP contribution < -0.4 is 9.47 Å². The van der Waals surface area contributed by atoms with Crippen molar-refractivity contribution < 1.29 is 23.4 Å². The molecule has 1 heterocycles. The lowest BCUT2D eigenvalue weighted by molar-refractivity contribution is 0.0463. The zero-order chi connectivity index (χ0) is 17.6. The number of benzene rings is 2. The molecule has 0 saturated carbocycles. The number of esters is 1. The molecule has 0 N–H and O–H groups in total. The maximum absolute atomic E-state index is 12.3. The van der Waals surface area contributed by atoms with Gasteiger partial charge in [0.2, 0.25) is 5.89 Å². The van der Waals surface area contributed by atoms with Crippen molar-refractivity contribution in [2.75, 3.05) is 14.2 Å². The van der Waals surface area contributed by atoms with Crippen molar-refractivity contribution >= 4 is 5.97 Å². The molecule has 2 aromatic carbocycles. The highest BCUT2D eigenvalue weighted by atomic mass is 16.5. The quantitative estimate of drug-likeness (QED) is 0.638. The molecular weight excluding hydrogens is 322 g/mol. The highest BCUT2D eigenvalue weighted by Crippen LogP contribution is 2.31. The summed E-state index contributed by atoms with van der Waals surface area (Å²) in [5, 5.41) is 0. The van der Waals surface area contributed by atoms with Gasteiger partial charge in [0.05, 0.1) is 14.2 Å². The second-order valence-electron chi connectivity index (χ2n) is 5.13. The molecule has 6 heteroatoms. The first-order valence-corrected chi connectivity index (χ1v) is 7.61. The highest BCUT2D eigenvalue weighted by Gasteiger charge is 2.18. The molecule has 0 aliphatic rings. The van der Waals surface area contributed by atoms with Crippen molar-refractivity contribution in [2.24, 2.45) is 0 Å². The summed E-state index contributed by atoms with van der Waals surface area (Å²) < 4.78 is 21.2. The smallest absolute Gasteiger partial charge is 0.342 e. The van der Waals surface area contributed by atoms with Gasteiger partial charge in [-0.2, -0.15) is 0 Å². The van der Waals surface area contributed by atoms with Gasteiger partial charge in [0, 0.05) is 5.56 Å². The summed E-state index contributed by atoms with van der Waals surface area (Å²) >= 11 is 0. The van der Waals surface area contributed by atoms with Crippen LogP contribution in [0.2, 0.25) is 0 Å². The Hall–Kier alpha value is -3.28. The van der Waals surface area contributed by atoms with Gasteiger partial charge >= 0.3 is 5.97 Å². The van der Waals surface area contributed by atoms with Crippen molar-refractivity contribution in [1.29, 1.82) is 0 Å². The molecule has 3 aromatic rings. The fourth-order valence-electron chi connectivity index (χ4n) is 2.35. The fourth-order valence-corrected chi connectivity index (χ4v) is 2.35. The molecule has 1 aromatic heterocycles. The van der Waals surface area contributed by atoms with Crippen LogP contribution in [-0.2, 0) is 11.3 Å². The van der Waals surface area contributed by atoms with E-state index in [-0.39, 0.29) is 12.2 Å². The van der Waals surface area contributed by atoms with Gasteiger partial charge < -0.3 is 18.6 Å². The van der Waals surface area contributed by atoms with Crippen molar-refractivity contribution in [1.82, 2.24) is 4.98 Å². The van der Waals surface area contributed by atoms with Crippen LogP contribution >= 0.6 is 0 Å². The Morgan fingerprint density at radius 2 is 1.84 bits per heavy atom. The molecule has 0 fully saturated rings.